The Morgan fingerprint density at radius 1 is 1.07 bits per heavy atom. The highest BCUT2D eigenvalue weighted by Crippen LogP contribution is 2.27. The number of nitrogens with zero attached hydrogens (tertiary/aromatic N) is 3. The quantitative estimate of drug-likeness (QED) is 0.362. The van der Waals surface area contributed by atoms with Gasteiger partial charge in [-0.05, 0) is 55.8 Å². The predicted molar refractivity (Wildman–Crippen MR) is 172 cm³/mol. The van der Waals surface area contributed by atoms with E-state index < -0.39 is 43.5 Å². The average Bonchev–Trinajstić information content (AvgIpc) is 3.38. The van der Waals surface area contributed by atoms with Crippen LogP contribution in [0.3, 0.4) is 0 Å². The van der Waals surface area contributed by atoms with Crippen molar-refractivity contribution in [1.29, 1.82) is 0 Å². The SMILES string of the molecule is CC(C)(C)OC(=O)N1CCc2nc(CNC(CNS(=O)(=O)c3ccc4cc(Cl)ccc4c3)C(=O)N3CCS(=O)(=O)CC3)sc2C1. The molecule has 45 heavy (non-hydrogen) atoms. The number of halogens is 1. The molecule has 244 valence electrons. The van der Waals surface area contributed by atoms with Gasteiger partial charge in [0.05, 0.1) is 28.6 Å². The number of thiazole rings is 1. The van der Waals surface area contributed by atoms with Crippen LogP contribution in [0.5, 0.6) is 0 Å². The van der Waals surface area contributed by atoms with Crippen LogP contribution in [0.4, 0.5) is 4.79 Å². The van der Waals surface area contributed by atoms with Crippen LogP contribution in [0.2, 0.25) is 5.02 Å². The van der Waals surface area contributed by atoms with Gasteiger partial charge in [-0.3, -0.25) is 10.1 Å². The Bertz CT molecular complexity index is 1810. The molecule has 1 fully saturated rings. The molecule has 2 aliphatic rings. The zero-order chi connectivity index (χ0) is 32.6. The molecule has 2 amide bonds. The van der Waals surface area contributed by atoms with E-state index >= 15 is 0 Å². The molecule has 1 unspecified atom stereocenters. The van der Waals surface area contributed by atoms with E-state index in [1.54, 1.807) is 29.2 Å². The minimum atomic E-state index is -4.00. The number of ether oxygens (including phenoxy) is 1. The number of rotatable bonds is 8. The molecule has 1 aromatic heterocycles. The van der Waals surface area contributed by atoms with E-state index in [-0.39, 0.29) is 42.6 Å². The molecule has 2 N–H and O–H groups in total. The number of benzene rings is 2. The van der Waals surface area contributed by atoms with Crippen LogP contribution in [0, 0.1) is 0 Å². The Hall–Kier alpha value is -2.82. The lowest BCUT2D eigenvalue weighted by Gasteiger charge is -2.30. The lowest BCUT2D eigenvalue weighted by atomic mass is 10.1. The van der Waals surface area contributed by atoms with Crippen LogP contribution in [0.15, 0.2) is 41.3 Å². The summed E-state index contributed by atoms with van der Waals surface area (Å²) in [4.78, 5) is 34.9. The van der Waals surface area contributed by atoms with Crippen molar-refractivity contribution in [2.24, 2.45) is 0 Å². The summed E-state index contributed by atoms with van der Waals surface area (Å²) in [5.41, 5.74) is 0.267. The number of fused-ring (bicyclic) bond motifs is 2. The number of sulfonamides is 1. The molecule has 0 radical (unpaired) electrons. The zero-order valence-corrected chi connectivity index (χ0v) is 28.4. The van der Waals surface area contributed by atoms with Crippen LogP contribution in [0.25, 0.3) is 10.8 Å². The first-order valence-electron chi connectivity index (χ1n) is 14.5. The van der Waals surface area contributed by atoms with Crippen molar-refractivity contribution >= 4 is 65.6 Å². The highest BCUT2D eigenvalue weighted by molar-refractivity contribution is 7.91. The maximum absolute atomic E-state index is 13.6. The Balaban J connectivity index is 1.29. The summed E-state index contributed by atoms with van der Waals surface area (Å²) in [5, 5.41) is 5.85. The monoisotopic (exact) mass is 697 g/mol. The Labute approximate surface area is 272 Å². The largest absolute Gasteiger partial charge is 0.444 e. The molecular weight excluding hydrogens is 662 g/mol. The maximum atomic E-state index is 13.6. The fourth-order valence-corrected chi connectivity index (χ4v) is 8.60. The fraction of sp³-hybridized carbons (Fsp3) is 0.483. The summed E-state index contributed by atoms with van der Waals surface area (Å²) in [6, 6.07) is 8.84. The van der Waals surface area contributed by atoms with Crippen molar-refractivity contribution in [3.63, 3.8) is 0 Å². The third-order valence-electron chi connectivity index (χ3n) is 7.44. The number of sulfone groups is 1. The summed E-state index contributed by atoms with van der Waals surface area (Å²) >= 11 is 7.47. The molecular formula is C29H36ClN5O7S3. The van der Waals surface area contributed by atoms with Gasteiger partial charge in [0.1, 0.15) is 16.7 Å². The van der Waals surface area contributed by atoms with Crippen molar-refractivity contribution in [1.82, 2.24) is 24.8 Å². The second-order valence-electron chi connectivity index (χ2n) is 12.0. The minimum Gasteiger partial charge on any atom is -0.444 e. The normalized spacial score (nSPS) is 17.6. The van der Waals surface area contributed by atoms with Crippen molar-refractivity contribution in [2.45, 2.75) is 56.8 Å². The van der Waals surface area contributed by atoms with Crippen LogP contribution in [0.1, 0.15) is 36.3 Å². The van der Waals surface area contributed by atoms with Crippen LogP contribution < -0.4 is 10.0 Å². The third-order valence-corrected chi connectivity index (χ3v) is 11.8. The highest BCUT2D eigenvalue weighted by Gasteiger charge is 2.32. The Morgan fingerprint density at radius 3 is 2.47 bits per heavy atom. The summed E-state index contributed by atoms with van der Waals surface area (Å²) in [6.07, 6.45) is 0.172. The smallest absolute Gasteiger partial charge is 0.410 e. The van der Waals surface area contributed by atoms with E-state index in [2.05, 4.69) is 10.0 Å². The molecule has 0 bridgehead atoms. The minimum absolute atomic E-state index is 0.0331. The van der Waals surface area contributed by atoms with E-state index in [1.807, 2.05) is 20.8 Å². The Kier molecular flexibility index (Phi) is 9.78. The van der Waals surface area contributed by atoms with E-state index in [9.17, 15) is 26.4 Å². The van der Waals surface area contributed by atoms with E-state index in [0.29, 0.717) is 34.9 Å². The maximum Gasteiger partial charge on any atom is 0.410 e. The summed E-state index contributed by atoms with van der Waals surface area (Å²) in [6.45, 7) is 6.26. The third kappa shape index (κ3) is 8.51. The topological polar surface area (TPSA) is 155 Å². The zero-order valence-electron chi connectivity index (χ0n) is 25.2. The Morgan fingerprint density at radius 2 is 1.76 bits per heavy atom. The standard InChI is InChI=1S/C29H36ClN5O7S3/c1-29(2,3)42-28(37)35-9-8-23-25(18-35)43-26(33-23)17-31-24(27(36)34-10-12-44(38,39)13-11-34)16-32-45(40,41)22-7-5-19-14-21(30)6-4-20(19)15-22/h4-7,14-15,24,31-32H,8-13,16-18H2,1-3H3. The first kappa shape index (κ1) is 33.5. The van der Waals surface area contributed by atoms with Gasteiger partial charge in [-0.2, -0.15) is 0 Å². The lowest BCUT2D eigenvalue weighted by Crippen LogP contribution is -2.55. The van der Waals surface area contributed by atoms with Gasteiger partial charge < -0.3 is 14.5 Å². The number of amides is 2. The molecule has 16 heteroatoms. The van der Waals surface area contributed by atoms with Gasteiger partial charge in [0.2, 0.25) is 15.9 Å². The number of hydrogen-bond donors (Lipinski definition) is 2. The number of nitrogens with one attached hydrogen (secondary N) is 2. The molecule has 12 nitrogen and oxygen atoms in total. The molecule has 1 atom stereocenters. The predicted octanol–water partition coefficient (Wildman–Crippen LogP) is 2.94. The van der Waals surface area contributed by atoms with Gasteiger partial charge in [0.25, 0.3) is 0 Å². The van der Waals surface area contributed by atoms with Gasteiger partial charge in [0.15, 0.2) is 9.84 Å². The van der Waals surface area contributed by atoms with Crippen LogP contribution in [-0.2, 0) is 48.9 Å². The first-order valence-corrected chi connectivity index (χ1v) is 19.0. The molecule has 0 aliphatic carbocycles. The van der Waals surface area contributed by atoms with Gasteiger partial charge in [-0.1, -0.05) is 23.7 Å². The molecule has 5 rings (SSSR count). The van der Waals surface area contributed by atoms with Crippen molar-refractivity contribution < 1.29 is 31.2 Å². The van der Waals surface area contributed by atoms with Crippen LogP contribution in [-0.4, -0.2) is 92.9 Å². The molecule has 0 saturated carbocycles. The van der Waals surface area contributed by atoms with Gasteiger partial charge in [0, 0.05) is 49.0 Å². The highest BCUT2D eigenvalue weighted by atomic mass is 35.5. The first-order chi connectivity index (χ1) is 21.1. The summed E-state index contributed by atoms with van der Waals surface area (Å²) in [5.74, 6) is -0.699. The summed E-state index contributed by atoms with van der Waals surface area (Å²) < 4.78 is 58.6. The van der Waals surface area contributed by atoms with E-state index in [4.69, 9.17) is 21.3 Å². The van der Waals surface area contributed by atoms with Gasteiger partial charge >= 0.3 is 6.09 Å². The van der Waals surface area contributed by atoms with E-state index in [1.165, 1.54) is 28.4 Å². The molecule has 3 aromatic rings. The second kappa shape index (κ2) is 13.1. The van der Waals surface area contributed by atoms with Crippen molar-refractivity contribution in [3.05, 3.63) is 57.0 Å². The van der Waals surface area contributed by atoms with Gasteiger partial charge in [-0.15, -0.1) is 11.3 Å². The average molecular weight is 698 g/mol. The number of aromatic nitrogens is 1. The number of carbonyl (C=O) groups is 2. The number of carbonyl (C=O) groups excluding carboxylic acids is 2. The fourth-order valence-electron chi connectivity index (χ4n) is 5.06. The lowest BCUT2D eigenvalue weighted by molar-refractivity contribution is -0.133. The molecule has 1 saturated heterocycles. The van der Waals surface area contributed by atoms with Crippen molar-refractivity contribution in [3.8, 4) is 0 Å². The van der Waals surface area contributed by atoms with Crippen LogP contribution >= 0.6 is 22.9 Å². The second-order valence-corrected chi connectivity index (χ2v) is 17.7. The molecule has 0 spiro atoms. The molecule has 2 aromatic carbocycles. The summed E-state index contributed by atoms with van der Waals surface area (Å²) in [7, 11) is -7.23. The molecule has 3 heterocycles. The van der Waals surface area contributed by atoms with Crippen molar-refractivity contribution in [2.75, 3.05) is 37.7 Å². The number of hydrogen-bond acceptors (Lipinski definition) is 10. The molecule has 2 aliphatic heterocycles. The van der Waals surface area contributed by atoms with Gasteiger partial charge in [-0.25, -0.2) is 31.3 Å². The van der Waals surface area contributed by atoms with E-state index in [0.717, 1.165) is 16.0 Å².